The number of hydrazone groups is 1. The maximum atomic E-state index is 10.9. The van der Waals surface area contributed by atoms with E-state index in [1.807, 2.05) is 48.7 Å². The van der Waals surface area contributed by atoms with E-state index in [2.05, 4.69) is 21.2 Å². The van der Waals surface area contributed by atoms with Crippen LogP contribution in [-0.2, 0) is 11.3 Å². The van der Waals surface area contributed by atoms with Crippen LogP contribution >= 0.6 is 11.6 Å². The minimum Gasteiger partial charge on any atom is -0.342 e. The number of carbonyl (C=O) groups is 1. The van der Waals surface area contributed by atoms with Gasteiger partial charge in [0.25, 0.3) is 0 Å². The molecule has 0 aliphatic heterocycles. The Balaban J connectivity index is 1.99. The zero-order chi connectivity index (χ0) is 16.2. The van der Waals surface area contributed by atoms with E-state index in [1.54, 1.807) is 6.21 Å². The lowest BCUT2D eigenvalue weighted by Crippen LogP contribution is -2.12. The third-order valence-corrected chi connectivity index (χ3v) is 3.91. The lowest BCUT2D eigenvalue weighted by Gasteiger charge is -2.07. The van der Waals surface area contributed by atoms with Crippen molar-refractivity contribution in [1.82, 2.24) is 9.99 Å². The first kappa shape index (κ1) is 15.3. The van der Waals surface area contributed by atoms with Crippen LogP contribution in [0.25, 0.3) is 10.9 Å². The third kappa shape index (κ3) is 3.43. The third-order valence-electron chi connectivity index (χ3n) is 3.54. The highest BCUT2D eigenvalue weighted by Gasteiger charge is 2.08. The SMILES string of the molecule is CC(=O)NN=Cc1cn(Cc2ccccc2Cl)c2ccccc12. The van der Waals surface area contributed by atoms with Gasteiger partial charge in [0, 0.05) is 41.2 Å². The fraction of sp³-hybridized carbons (Fsp3) is 0.111. The summed E-state index contributed by atoms with van der Waals surface area (Å²) in [4.78, 5) is 10.9. The Labute approximate surface area is 139 Å². The van der Waals surface area contributed by atoms with Gasteiger partial charge in [-0.15, -0.1) is 0 Å². The highest BCUT2D eigenvalue weighted by Crippen LogP contribution is 2.23. The van der Waals surface area contributed by atoms with Crippen LogP contribution in [-0.4, -0.2) is 16.7 Å². The molecular weight excluding hydrogens is 310 g/mol. The van der Waals surface area contributed by atoms with E-state index in [0.29, 0.717) is 6.54 Å². The Morgan fingerprint density at radius 1 is 1.22 bits per heavy atom. The molecule has 0 bridgehead atoms. The molecule has 1 amide bonds. The summed E-state index contributed by atoms with van der Waals surface area (Å²) in [7, 11) is 0. The molecule has 4 nitrogen and oxygen atoms in total. The Morgan fingerprint density at radius 3 is 2.74 bits per heavy atom. The van der Waals surface area contributed by atoms with Gasteiger partial charge in [0.05, 0.1) is 6.21 Å². The summed E-state index contributed by atoms with van der Waals surface area (Å²) in [5.41, 5.74) is 5.52. The van der Waals surface area contributed by atoms with Crippen LogP contribution in [0.5, 0.6) is 0 Å². The van der Waals surface area contributed by atoms with Gasteiger partial charge in [0.2, 0.25) is 5.91 Å². The Bertz CT molecular complexity index is 883. The molecule has 0 unspecified atom stereocenters. The van der Waals surface area contributed by atoms with Crippen molar-refractivity contribution >= 4 is 34.6 Å². The molecule has 0 saturated carbocycles. The number of nitrogens with one attached hydrogen (secondary N) is 1. The summed E-state index contributed by atoms with van der Waals surface area (Å²) in [6.45, 7) is 2.10. The van der Waals surface area contributed by atoms with E-state index in [-0.39, 0.29) is 5.91 Å². The Kier molecular flexibility index (Phi) is 4.44. The maximum Gasteiger partial charge on any atom is 0.236 e. The molecular formula is C18H16ClN3O. The predicted molar refractivity (Wildman–Crippen MR) is 93.9 cm³/mol. The summed E-state index contributed by atoms with van der Waals surface area (Å²) < 4.78 is 2.13. The van der Waals surface area contributed by atoms with E-state index in [0.717, 1.165) is 27.1 Å². The normalized spacial score (nSPS) is 11.2. The van der Waals surface area contributed by atoms with Crippen LogP contribution < -0.4 is 5.43 Å². The fourth-order valence-electron chi connectivity index (χ4n) is 2.51. The van der Waals surface area contributed by atoms with Gasteiger partial charge >= 0.3 is 0 Å². The molecule has 3 rings (SSSR count). The van der Waals surface area contributed by atoms with Crippen molar-refractivity contribution in [1.29, 1.82) is 0 Å². The molecule has 1 aromatic heterocycles. The number of fused-ring (bicyclic) bond motifs is 1. The van der Waals surface area contributed by atoms with Crippen LogP contribution in [0.1, 0.15) is 18.1 Å². The van der Waals surface area contributed by atoms with Gasteiger partial charge in [-0.25, -0.2) is 5.43 Å². The number of nitrogens with zero attached hydrogens (tertiary/aromatic N) is 2. The molecule has 23 heavy (non-hydrogen) atoms. The van der Waals surface area contributed by atoms with Crippen molar-refractivity contribution in [3.8, 4) is 0 Å². The molecule has 5 heteroatoms. The Hall–Kier alpha value is -2.59. The number of rotatable bonds is 4. The van der Waals surface area contributed by atoms with Crippen LogP contribution in [0.4, 0.5) is 0 Å². The predicted octanol–water partition coefficient (Wildman–Crippen LogP) is 3.81. The van der Waals surface area contributed by atoms with Gasteiger partial charge in [0.15, 0.2) is 0 Å². The number of benzene rings is 2. The lowest BCUT2D eigenvalue weighted by molar-refractivity contribution is -0.118. The van der Waals surface area contributed by atoms with E-state index in [4.69, 9.17) is 11.6 Å². The summed E-state index contributed by atoms with van der Waals surface area (Å²) in [5, 5.41) is 5.79. The van der Waals surface area contributed by atoms with Gasteiger partial charge in [-0.05, 0) is 17.7 Å². The van der Waals surface area contributed by atoms with E-state index in [1.165, 1.54) is 6.92 Å². The van der Waals surface area contributed by atoms with Gasteiger partial charge in [0.1, 0.15) is 0 Å². The van der Waals surface area contributed by atoms with Crippen molar-refractivity contribution in [3.63, 3.8) is 0 Å². The first-order valence-electron chi connectivity index (χ1n) is 7.26. The largest absolute Gasteiger partial charge is 0.342 e. The van der Waals surface area contributed by atoms with Crippen molar-refractivity contribution in [2.24, 2.45) is 5.10 Å². The average Bonchev–Trinajstić information content (AvgIpc) is 2.88. The summed E-state index contributed by atoms with van der Waals surface area (Å²) >= 11 is 6.26. The number of para-hydroxylation sites is 1. The van der Waals surface area contributed by atoms with Crippen LogP contribution in [0.3, 0.4) is 0 Å². The van der Waals surface area contributed by atoms with Crippen molar-refractivity contribution < 1.29 is 4.79 Å². The minimum atomic E-state index is -0.193. The summed E-state index contributed by atoms with van der Waals surface area (Å²) in [5.74, 6) is -0.193. The van der Waals surface area contributed by atoms with Gasteiger partial charge in [-0.3, -0.25) is 4.79 Å². The molecule has 0 saturated heterocycles. The number of hydrogen-bond donors (Lipinski definition) is 1. The smallest absolute Gasteiger partial charge is 0.236 e. The average molecular weight is 326 g/mol. The first-order chi connectivity index (χ1) is 11.1. The molecule has 1 heterocycles. The van der Waals surface area contributed by atoms with Crippen molar-refractivity contribution in [2.75, 3.05) is 0 Å². The summed E-state index contributed by atoms with van der Waals surface area (Å²) in [6.07, 6.45) is 3.67. The first-order valence-corrected chi connectivity index (χ1v) is 7.64. The molecule has 0 fully saturated rings. The molecule has 0 aliphatic rings. The minimum absolute atomic E-state index is 0.193. The van der Waals surface area contributed by atoms with Gasteiger partial charge < -0.3 is 4.57 Å². The second kappa shape index (κ2) is 6.67. The molecule has 1 N–H and O–H groups in total. The van der Waals surface area contributed by atoms with E-state index < -0.39 is 0 Å². The lowest BCUT2D eigenvalue weighted by atomic mass is 10.2. The molecule has 2 aromatic carbocycles. The van der Waals surface area contributed by atoms with E-state index >= 15 is 0 Å². The van der Waals surface area contributed by atoms with Gasteiger partial charge in [-0.2, -0.15) is 5.10 Å². The topological polar surface area (TPSA) is 46.4 Å². The monoisotopic (exact) mass is 325 g/mol. The number of carbonyl (C=O) groups excluding carboxylic acids is 1. The molecule has 0 spiro atoms. The zero-order valence-corrected chi connectivity index (χ0v) is 13.4. The van der Waals surface area contributed by atoms with Crippen LogP contribution in [0, 0.1) is 0 Å². The van der Waals surface area contributed by atoms with Crippen molar-refractivity contribution in [2.45, 2.75) is 13.5 Å². The molecule has 0 aliphatic carbocycles. The number of halogens is 1. The van der Waals surface area contributed by atoms with Gasteiger partial charge in [-0.1, -0.05) is 48.0 Å². The molecule has 0 atom stereocenters. The fourth-order valence-corrected chi connectivity index (χ4v) is 2.71. The standard InChI is InChI=1S/C18H16ClN3O/c1-13(23)21-20-10-15-12-22(18-9-5-3-7-16(15)18)11-14-6-2-4-8-17(14)19/h2-10,12H,11H2,1H3,(H,21,23). The van der Waals surface area contributed by atoms with Crippen molar-refractivity contribution in [3.05, 3.63) is 70.9 Å². The highest BCUT2D eigenvalue weighted by atomic mass is 35.5. The van der Waals surface area contributed by atoms with E-state index in [9.17, 15) is 4.79 Å². The Morgan fingerprint density at radius 2 is 1.96 bits per heavy atom. The highest BCUT2D eigenvalue weighted by molar-refractivity contribution is 6.31. The maximum absolute atomic E-state index is 10.9. The van der Waals surface area contributed by atoms with Crippen LogP contribution in [0.15, 0.2) is 59.8 Å². The van der Waals surface area contributed by atoms with Crippen LogP contribution in [0.2, 0.25) is 5.02 Å². The second-order valence-corrected chi connectivity index (χ2v) is 5.65. The quantitative estimate of drug-likeness (QED) is 0.575. The number of hydrogen-bond acceptors (Lipinski definition) is 2. The zero-order valence-electron chi connectivity index (χ0n) is 12.7. The molecule has 0 radical (unpaired) electrons. The number of aromatic nitrogens is 1. The number of amides is 1. The summed E-state index contributed by atoms with van der Waals surface area (Å²) in [6, 6.07) is 15.9. The molecule has 116 valence electrons. The molecule has 3 aromatic rings. The second-order valence-electron chi connectivity index (χ2n) is 5.25.